The molecule has 9 nitrogen and oxygen atoms in total. The van der Waals surface area contributed by atoms with E-state index in [0.29, 0.717) is 36.8 Å². The van der Waals surface area contributed by atoms with Gasteiger partial charge in [-0.15, -0.1) is 0 Å². The monoisotopic (exact) mass is 435 g/mol. The Morgan fingerprint density at radius 3 is 2.84 bits per heavy atom. The minimum absolute atomic E-state index is 0.00234. The van der Waals surface area contributed by atoms with Gasteiger partial charge in [0.1, 0.15) is 11.6 Å². The molecular weight excluding hydrogens is 406 g/mol. The number of carbonyl (C=O) groups is 1. The number of nitrogens with two attached hydrogens (primary N) is 1. The van der Waals surface area contributed by atoms with Crippen LogP contribution in [0.4, 0.5) is 5.82 Å². The molecule has 1 aliphatic heterocycles. The van der Waals surface area contributed by atoms with Crippen molar-refractivity contribution in [3.05, 3.63) is 52.3 Å². The largest absolute Gasteiger partial charge is 0.384 e. The lowest BCUT2D eigenvalue weighted by Gasteiger charge is -2.24. The zero-order chi connectivity index (χ0) is 22.2. The van der Waals surface area contributed by atoms with Gasteiger partial charge in [0, 0.05) is 36.9 Å². The number of hydrogen-bond donors (Lipinski definition) is 2. The highest BCUT2D eigenvalue weighted by atomic mass is 16.2. The molecule has 3 N–H and O–H groups in total. The molecule has 0 radical (unpaired) electrons. The molecule has 168 valence electrons. The summed E-state index contributed by atoms with van der Waals surface area (Å²) in [5.74, 6) is 1.14. The van der Waals surface area contributed by atoms with E-state index in [9.17, 15) is 9.59 Å². The smallest absolute Gasteiger partial charge is 0.326 e. The highest BCUT2D eigenvalue weighted by molar-refractivity contribution is 5.97. The second kappa shape index (κ2) is 8.38. The number of amides is 1. The van der Waals surface area contributed by atoms with E-state index in [0.717, 1.165) is 43.1 Å². The van der Waals surface area contributed by atoms with Crippen molar-refractivity contribution in [3.8, 4) is 0 Å². The molecule has 5 rings (SSSR count). The Bertz CT molecular complexity index is 1190. The third kappa shape index (κ3) is 3.88. The molecule has 9 heteroatoms. The summed E-state index contributed by atoms with van der Waals surface area (Å²) >= 11 is 0. The number of aromatic amines is 1. The number of benzene rings is 1. The summed E-state index contributed by atoms with van der Waals surface area (Å²) in [6.45, 7) is 1.93. The van der Waals surface area contributed by atoms with Crippen LogP contribution in [-0.4, -0.2) is 61.4 Å². The molecule has 1 amide bonds. The number of H-pyrrole nitrogens is 1. The van der Waals surface area contributed by atoms with Gasteiger partial charge >= 0.3 is 5.69 Å². The number of fused-ring (bicyclic) bond motifs is 1. The number of nitrogens with one attached hydrogen (secondary N) is 1. The van der Waals surface area contributed by atoms with Gasteiger partial charge in [0.25, 0.3) is 5.91 Å². The quantitative estimate of drug-likeness (QED) is 0.635. The average Bonchev–Trinajstić information content (AvgIpc) is 3.52. The summed E-state index contributed by atoms with van der Waals surface area (Å²) in [6, 6.07) is 7.75. The molecule has 2 aliphatic rings. The lowest BCUT2D eigenvalue weighted by atomic mass is 10.1. The maximum atomic E-state index is 13.2. The van der Waals surface area contributed by atoms with Crippen LogP contribution in [0.5, 0.6) is 0 Å². The number of hydrogen-bond acceptors (Lipinski definition) is 6. The van der Waals surface area contributed by atoms with Crippen LogP contribution in [0.1, 0.15) is 54.3 Å². The normalized spacial score (nSPS) is 19.4. The Kier molecular flexibility index (Phi) is 5.42. The van der Waals surface area contributed by atoms with E-state index in [1.54, 1.807) is 12.3 Å². The molecule has 0 spiro atoms. The molecule has 1 aromatic carbocycles. The predicted octanol–water partition coefficient (Wildman–Crippen LogP) is 2.16. The minimum Gasteiger partial charge on any atom is -0.384 e. The number of likely N-dealkylation sites (N-methyl/N-ethyl adjacent to an activating group) is 1. The first kappa shape index (κ1) is 20.7. The van der Waals surface area contributed by atoms with Crippen molar-refractivity contribution >= 4 is 22.8 Å². The van der Waals surface area contributed by atoms with Gasteiger partial charge in [0.2, 0.25) is 0 Å². The molecule has 1 unspecified atom stereocenters. The van der Waals surface area contributed by atoms with Gasteiger partial charge < -0.3 is 15.6 Å². The van der Waals surface area contributed by atoms with Crippen molar-refractivity contribution in [2.24, 2.45) is 0 Å². The van der Waals surface area contributed by atoms with Crippen LogP contribution in [0, 0.1) is 0 Å². The van der Waals surface area contributed by atoms with Crippen molar-refractivity contribution in [2.75, 3.05) is 25.9 Å². The fourth-order valence-corrected chi connectivity index (χ4v) is 5.10. The molecule has 1 aliphatic carbocycles. The van der Waals surface area contributed by atoms with Crippen molar-refractivity contribution in [2.45, 2.75) is 50.7 Å². The molecule has 3 aromatic rings. The van der Waals surface area contributed by atoms with Crippen molar-refractivity contribution in [3.63, 3.8) is 0 Å². The number of nitrogen functional groups attached to an aromatic ring is 1. The first-order chi connectivity index (χ1) is 15.5. The molecule has 1 saturated carbocycles. The highest BCUT2D eigenvalue weighted by Gasteiger charge is 2.30. The molecule has 3 heterocycles. The van der Waals surface area contributed by atoms with Crippen molar-refractivity contribution in [1.82, 2.24) is 29.3 Å². The second-order valence-electron chi connectivity index (χ2n) is 8.98. The standard InChI is InChI=1S/C23H29N7O2/c1-28(14-21-25-10-8-20(24)27-21)17-9-11-29(13-17)22(31)15-6-7-19-18(12-15)26-23(32)30(19)16-4-2-3-5-16/h6-8,10,12,16-17H,2-5,9,11,13-14H2,1H3,(H,26,32)(H2,24,25,27). The van der Waals surface area contributed by atoms with Gasteiger partial charge in [-0.2, -0.15) is 0 Å². The number of rotatable bonds is 5. The molecule has 1 atom stereocenters. The van der Waals surface area contributed by atoms with Gasteiger partial charge in [-0.25, -0.2) is 14.8 Å². The first-order valence-electron chi connectivity index (χ1n) is 11.3. The van der Waals surface area contributed by atoms with E-state index < -0.39 is 0 Å². The van der Waals surface area contributed by atoms with Crippen LogP contribution in [-0.2, 0) is 6.54 Å². The summed E-state index contributed by atoms with van der Waals surface area (Å²) in [7, 11) is 2.02. The van der Waals surface area contributed by atoms with Crippen LogP contribution < -0.4 is 11.4 Å². The number of anilines is 1. The minimum atomic E-state index is -0.0804. The maximum absolute atomic E-state index is 13.2. The van der Waals surface area contributed by atoms with Crippen molar-refractivity contribution in [1.29, 1.82) is 0 Å². The van der Waals surface area contributed by atoms with Crippen molar-refractivity contribution < 1.29 is 4.79 Å². The second-order valence-corrected chi connectivity index (χ2v) is 8.98. The molecular formula is C23H29N7O2. The lowest BCUT2D eigenvalue weighted by molar-refractivity contribution is 0.0779. The summed E-state index contributed by atoms with van der Waals surface area (Å²) in [5.41, 5.74) is 7.91. The highest BCUT2D eigenvalue weighted by Crippen LogP contribution is 2.31. The molecule has 2 aromatic heterocycles. The third-order valence-electron chi connectivity index (χ3n) is 6.85. The van der Waals surface area contributed by atoms with Crippen LogP contribution in [0.25, 0.3) is 11.0 Å². The number of imidazole rings is 1. The molecule has 0 bridgehead atoms. The first-order valence-corrected chi connectivity index (χ1v) is 11.3. The number of carbonyl (C=O) groups excluding carboxylic acids is 1. The summed E-state index contributed by atoms with van der Waals surface area (Å²) < 4.78 is 1.87. The van der Waals surface area contributed by atoms with Gasteiger partial charge in [-0.3, -0.25) is 14.3 Å². The Morgan fingerprint density at radius 2 is 2.06 bits per heavy atom. The fraction of sp³-hybridized carbons (Fsp3) is 0.478. The summed E-state index contributed by atoms with van der Waals surface area (Å²) in [4.78, 5) is 41.3. The number of nitrogens with zero attached hydrogens (tertiary/aromatic N) is 5. The summed E-state index contributed by atoms with van der Waals surface area (Å²) in [6.07, 6.45) is 6.95. The topological polar surface area (TPSA) is 113 Å². The van der Waals surface area contributed by atoms with E-state index in [-0.39, 0.29) is 23.7 Å². The fourth-order valence-electron chi connectivity index (χ4n) is 5.10. The maximum Gasteiger partial charge on any atom is 0.326 e. The molecule has 2 fully saturated rings. The third-order valence-corrected chi connectivity index (χ3v) is 6.85. The van der Waals surface area contributed by atoms with Gasteiger partial charge in [-0.05, 0) is 50.6 Å². The van der Waals surface area contributed by atoms with E-state index >= 15 is 0 Å². The lowest BCUT2D eigenvalue weighted by Crippen LogP contribution is -2.36. The SMILES string of the molecule is CN(Cc1nccc(N)n1)C1CCN(C(=O)c2ccc3c(c2)[nH]c(=O)n3C2CCCC2)C1. The van der Waals surface area contributed by atoms with Gasteiger partial charge in [-0.1, -0.05) is 12.8 Å². The van der Waals surface area contributed by atoms with Gasteiger partial charge in [0.05, 0.1) is 17.6 Å². The zero-order valence-corrected chi connectivity index (χ0v) is 18.3. The Balaban J connectivity index is 1.28. The Labute approximate surface area is 186 Å². The van der Waals surface area contributed by atoms with E-state index in [1.807, 2.05) is 34.7 Å². The van der Waals surface area contributed by atoms with E-state index in [2.05, 4.69) is 19.9 Å². The number of aromatic nitrogens is 4. The van der Waals surface area contributed by atoms with Crippen LogP contribution in [0.3, 0.4) is 0 Å². The average molecular weight is 436 g/mol. The Morgan fingerprint density at radius 1 is 1.25 bits per heavy atom. The predicted molar refractivity (Wildman–Crippen MR) is 122 cm³/mol. The number of likely N-dealkylation sites (tertiary alicyclic amines) is 1. The Hall–Kier alpha value is -3.20. The summed E-state index contributed by atoms with van der Waals surface area (Å²) in [5, 5.41) is 0. The van der Waals surface area contributed by atoms with E-state index in [1.165, 1.54) is 0 Å². The molecule has 1 saturated heterocycles. The zero-order valence-electron chi connectivity index (χ0n) is 18.3. The van der Waals surface area contributed by atoms with Gasteiger partial charge in [0.15, 0.2) is 0 Å². The van der Waals surface area contributed by atoms with Crippen LogP contribution in [0.2, 0.25) is 0 Å². The van der Waals surface area contributed by atoms with Crippen LogP contribution in [0.15, 0.2) is 35.3 Å². The van der Waals surface area contributed by atoms with E-state index in [4.69, 9.17) is 5.73 Å². The molecule has 32 heavy (non-hydrogen) atoms. The van der Waals surface area contributed by atoms with Crippen LogP contribution >= 0.6 is 0 Å².